The zero-order valence-electron chi connectivity index (χ0n) is 10.4. The van der Waals surface area contributed by atoms with Crippen molar-refractivity contribution in [2.75, 3.05) is 18.8 Å². The Balaban J connectivity index is 1.78. The summed E-state index contributed by atoms with van der Waals surface area (Å²) in [7, 11) is -3.48. The third-order valence-electron chi connectivity index (χ3n) is 3.06. The first-order chi connectivity index (χ1) is 8.94. The summed E-state index contributed by atoms with van der Waals surface area (Å²) in [5.74, 6) is -0.145. The number of likely N-dealkylation sites (tertiary alicyclic amines) is 1. The van der Waals surface area contributed by atoms with E-state index in [0.717, 1.165) is 5.56 Å². The summed E-state index contributed by atoms with van der Waals surface area (Å²) in [6, 6.07) is 1.58. The van der Waals surface area contributed by atoms with Crippen LogP contribution in [0.5, 0.6) is 0 Å². The molecule has 1 saturated heterocycles. The van der Waals surface area contributed by atoms with Gasteiger partial charge < -0.3 is 14.6 Å². The molecule has 0 radical (unpaired) electrons. The van der Waals surface area contributed by atoms with E-state index in [0.29, 0.717) is 26.1 Å². The van der Waals surface area contributed by atoms with Crippen LogP contribution in [0.15, 0.2) is 23.0 Å². The number of primary sulfonamides is 1. The predicted molar refractivity (Wildman–Crippen MR) is 68.6 cm³/mol. The molecule has 0 spiro atoms. The average molecular weight is 287 g/mol. The molecule has 1 fully saturated rings. The second-order valence-electron chi connectivity index (χ2n) is 4.72. The molecule has 19 heavy (non-hydrogen) atoms. The van der Waals surface area contributed by atoms with Gasteiger partial charge in [-0.2, -0.15) is 0 Å². The van der Waals surface area contributed by atoms with Gasteiger partial charge in [0, 0.05) is 25.2 Å². The van der Waals surface area contributed by atoms with Gasteiger partial charge in [-0.05, 0) is 18.4 Å². The summed E-state index contributed by atoms with van der Waals surface area (Å²) in [5.41, 5.74) is 0.883. The van der Waals surface area contributed by atoms with Gasteiger partial charge in [0.15, 0.2) is 0 Å². The Morgan fingerprint density at radius 2 is 2.37 bits per heavy atom. The van der Waals surface area contributed by atoms with E-state index in [2.05, 4.69) is 5.32 Å². The molecule has 1 aromatic heterocycles. The molecule has 0 aromatic carbocycles. The van der Waals surface area contributed by atoms with Crippen molar-refractivity contribution in [2.24, 2.45) is 11.1 Å². The normalized spacial score (nSPS) is 19.6. The van der Waals surface area contributed by atoms with E-state index in [1.807, 2.05) is 0 Å². The zero-order valence-corrected chi connectivity index (χ0v) is 11.2. The molecule has 1 unspecified atom stereocenters. The maximum atomic E-state index is 11.9. The minimum atomic E-state index is -3.48. The number of hydrogen-bond acceptors (Lipinski definition) is 4. The first kappa shape index (κ1) is 13.9. The molecule has 106 valence electrons. The fourth-order valence-corrected chi connectivity index (χ4v) is 3.09. The highest BCUT2D eigenvalue weighted by Crippen LogP contribution is 2.17. The molecule has 0 bridgehead atoms. The van der Waals surface area contributed by atoms with E-state index in [9.17, 15) is 13.2 Å². The second kappa shape index (κ2) is 5.62. The van der Waals surface area contributed by atoms with Crippen LogP contribution in [0.3, 0.4) is 0 Å². The highest BCUT2D eigenvalue weighted by atomic mass is 32.2. The van der Waals surface area contributed by atoms with Crippen LogP contribution in [0.1, 0.15) is 12.0 Å². The molecule has 0 saturated carbocycles. The summed E-state index contributed by atoms with van der Waals surface area (Å²) >= 11 is 0. The lowest BCUT2D eigenvalue weighted by Crippen LogP contribution is -2.38. The van der Waals surface area contributed by atoms with Crippen molar-refractivity contribution < 1.29 is 17.6 Å². The van der Waals surface area contributed by atoms with Gasteiger partial charge >= 0.3 is 6.03 Å². The second-order valence-corrected chi connectivity index (χ2v) is 6.38. The Morgan fingerprint density at radius 1 is 1.58 bits per heavy atom. The molecule has 7 nitrogen and oxygen atoms in total. The maximum absolute atomic E-state index is 11.9. The number of nitrogens with one attached hydrogen (secondary N) is 1. The Hall–Kier alpha value is -1.54. The first-order valence-electron chi connectivity index (χ1n) is 5.98. The standard InChI is InChI=1S/C11H17N3O4S/c12-19(16,17)8-10-1-3-14(6-10)11(15)13-5-9-2-4-18-7-9/h2,4,7,10H,1,3,5-6,8H2,(H,13,15)(H2,12,16,17). The molecule has 0 aliphatic carbocycles. The lowest BCUT2D eigenvalue weighted by molar-refractivity contribution is 0.207. The molecule has 8 heteroatoms. The van der Waals surface area contributed by atoms with Crippen LogP contribution >= 0.6 is 0 Å². The number of furan rings is 1. The minimum Gasteiger partial charge on any atom is -0.472 e. The fourth-order valence-electron chi connectivity index (χ4n) is 2.16. The third-order valence-corrected chi connectivity index (χ3v) is 4.00. The van der Waals surface area contributed by atoms with Crippen LogP contribution in [0.25, 0.3) is 0 Å². The van der Waals surface area contributed by atoms with Gasteiger partial charge in [-0.1, -0.05) is 0 Å². The van der Waals surface area contributed by atoms with Gasteiger partial charge in [0.1, 0.15) is 0 Å². The van der Waals surface area contributed by atoms with Crippen molar-refractivity contribution in [1.29, 1.82) is 0 Å². The summed E-state index contributed by atoms with van der Waals surface area (Å²) < 4.78 is 26.9. The number of sulfonamides is 1. The molecule has 2 rings (SSSR count). The number of carbonyl (C=O) groups excluding carboxylic acids is 1. The third kappa shape index (κ3) is 4.25. The Morgan fingerprint density at radius 3 is 3.00 bits per heavy atom. The number of hydrogen-bond donors (Lipinski definition) is 2. The van der Waals surface area contributed by atoms with Crippen LogP contribution < -0.4 is 10.5 Å². The number of nitrogens with two attached hydrogens (primary N) is 1. The highest BCUT2D eigenvalue weighted by molar-refractivity contribution is 7.89. The lowest BCUT2D eigenvalue weighted by atomic mass is 10.2. The smallest absolute Gasteiger partial charge is 0.317 e. The van der Waals surface area contributed by atoms with Crippen molar-refractivity contribution >= 4 is 16.1 Å². The Kier molecular flexibility index (Phi) is 4.11. The highest BCUT2D eigenvalue weighted by Gasteiger charge is 2.28. The van der Waals surface area contributed by atoms with E-state index in [1.54, 1.807) is 23.5 Å². The molecule has 1 aliphatic heterocycles. The number of rotatable bonds is 4. The number of amides is 2. The molecule has 2 amide bonds. The predicted octanol–water partition coefficient (Wildman–Crippen LogP) is 0.0996. The van der Waals surface area contributed by atoms with E-state index in [1.165, 1.54) is 0 Å². The molecular weight excluding hydrogens is 270 g/mol. The topological polar surface area (TPSA) is 106 Å². The molecule has 2 heterocycles. The number of carbonyl (C=O) groups is 1. The van der Waals surface area contributed by atoms with Crippen molar-refractivity contribution in [2.45, 2.75) is 13.0 Å². The fraction of sp³-hybridized carbons (Fsp3) is 0.545. The van der Waals surface area contributed by atoms with Gasteiger partial charge in [0.2, 0.25) is 10.0 Å². The van der Waals surface area contributed by atoms with Gasteiger partial charge in [0.05, 0.1) is 18.3 Å². The van der Waals surface area contributed by atoms with Crippen LogP contribution in [-0.2, 0) is 16.6 Å². The summed E-state index contributed by atoms with van der Waals surface area (Å²) in [5, 5.41) is 7.76. The van der Waals surface area contributed by atoms with Crippen molar-refractivity contribution in [1.82, 2.24) is 10.2 Å². The van der Waals surface area contributed by atoms with Crippen molar-refractivity contribution in [3.63, 3.8) is 0 Å². The zero-order chi connectivity index (χ0) is 13.9. The summed E-state index contributed by atoms with van der Waals surface area (Å²) in [6.07, 6.45) is 3.77. The Bertz CT molecular complexity index is 526. The molecular formula is C11H17N3O4S. The minimum absolute atomic E-state index is 0.0709. The van der Waals surface area contributed by atoms with Gasteiger partial charge in [-0.15, -0.1) is 0 Å². The monoisotopic (exact) mass is 287 g/mol. The molecule has 1 atom stereocenters. The van der Waals surface area contributed by atoms with E-state index in [4.69, 9.17) is 9.56 Å². The lowest BCUT2D eigenvalue weighted by Gasteiger charge is -2.16. The number of nitrogens with zero attached hydrogens (tertiary/aromatic N) is 1. The van der Waals surface area contributed by atoms with Gasteiger partial charge in [0.25, 0.3) is 0 Å². The van der Waals surface area contributed by atoms with E-state index in [-0.39, 0.29) is 17.7 Å². The summed E-state index contributed by atoms with van der Waals surface area (Å²) in [4.78, 5) is 13.5. The molecule has 1 aliphatic rings. The Labute approximate surface area is 111 Å². The van der Waals surface area contributed by atoms with Gasteiger partial charge in [-0.3, -0.25) is 0 Å². The SMILES string of the molecule is NS(=O)(=O)CC1CCN(C(=O)NCc2ccoc2)C1. The first-order valence-corrected chi connectivity index (χ1v) is 7.70. The number of urea groups is 1. The van der Waals surface area contributed by atoms with Crippen LogP contribution in [0, 0.1) is 5.92 Å². The maximum Gasteiger partial charge on any atom is 0.317 e. The van der Waals surface area contributed by atoms with E-state index >= 15 is 0 Å². The largest absolute Gasteiger partial charge is 0.472 e. The average Bonchev–Trinajstić information content (AvgIpc) is 2.94. The van der Waals surface area contributed by atoms with Crippen LogP contribution in [-0.4, -0.2) is 38.2 Å². The van der Waals surface area contributed by atoms with Gasteiger partial charge in [-0.25, -0.2) is 18.4 Å². The van der Waals surface area contributed by atoms with Crippen molar-refractivity contribution in [3.8, 4) is 0 Å². The van der Waals surface area contributed by atoms with Crippen LogP contribution in [0.2, 0.25) is 0 Å². The van der Waals surface area contributed by atoms with E-state index < -0.39 is 10.0 Å². The van der Waals surface area contributed by atoms with Crippen molar-refractivity contribution in [3.05, 3.63) is 24.2 Å². The summed E-state index contributed by atoms with van der Waals surface area (Å²) in [6.45, 7) is 1.37. The van der Waals surface area contributed by atoms with Crippen LogP contribution in [0.4, 0.5) is 4.79 Å². The quantitative estimate of drug-likeness (QED) is 0.819. The molecule has 3 N–H and O–H groups in total. The molecule has 1 aromatic rings.